The predicted molar refractivity (Wildman–Crippen MR) is 127 cm³/mol. The standard InChI is InChI=1S/C21H18ClN5O4S2/c1-2-17(32-21-24-15-5-3-4-6-16(15)31-21)20(28)23-13-7-9-14(10-8-13)33(29,30)27-19-12-11-18(22)25-26-19/h3-12,17H,2H2,1H3,(H,23,28)(H,26,27). The summed E-state index contributed by atoms with van der Waals surface area (Å²) in [4.78, 5) is 17.2. The Hall–Kier alpha value is -3.15. The summed E-state index contributed by atoms with van der Waals surface area (Å²) in [7, 11) is -3.88. The van der Waals surface area contributed by atoms with Crippen molar-refractivity contribution in [2.45, 2.75) is 28.7 Å². The number of para-hydroxylation sites is 2. The molecule has 1 amide bonds. The number of carbonyl (C=O) groups excluding carboxylic acids is 1. The van der Waals surface area contributed by atoms with Crippen LogP contribution in [-0.4, -0.2) is 34.8 Å². The van der Waals surface area contributed by atoms with Crippen molar-refractivity contribution in [3.05, 3.63) is 65.8 Å². The largest absolute Gasteiger partial charge is 0.431 e. The van der Waals surface area contributed by atoms with Crippen molar-refractivity contribution in [2.75, 3.05) is 10.0 Å². The molecule has 0 bridgehead atoms. The van der Waals surface area contributed by atoms with E-state index in [1.54, 1.807) is 0 Å². The highest BCUT2D eigenvalue weighted by atomic mass is 35.5. The topological polar surface area (TPSA) is 127 Å². The van der Waals surface area contributed by atoms with Gasteiger partial charge in [0.15, 0.2) is 16.6 Å². The SMILES string of the molecule is CCC(Sc1nc2ccccc2o1)C(=O)Nc1ccc(S(=O)(=O)Nc2ccc(Cl)nn2)cc1. The summed E-state index contributed by atoms with van der Waals surface area (Å²) in [5.74, 6) is -0.200. The van der Waals surface area contributed by atoms with Crippen LogP contribution in [0.4, 0.5) is 11.5 Å². The summed E-state index contributed by atoms with van der Waals surface area (Å²) in [6.07, 6.45) is 0.549. The molecule has 0 saturated carbocycles. The minimum Gasteiger partial charge on any atom is -0.431 e. The van der Waals surface area contributed by atoms with E-state index in [1.165, 1.54) is 48.2 Å². The maximum absolute atomic E-state index is 12.8. The molecule has 4 aromatic rings. The third-order valence-electron chi connectivity index (χ3n) is 4.48. The van der Waals surface area contributed by atoms with Crippen LogP contribution in [0.15, 0.2) is 75.2 Å². The number of hydrogen-bond donors (Lipinski definition) is 2. The number of sulfonamides is 1. The Kier molecular flexibility index (Phi) is 6.82. The van der Waals surface area contributed by atoms with Crippen molar-refractivity contribution in [1.29, 1.82) is 0 Å². The molecule has 4 rings (SSSR count). The predicted octanol–water partition coefficient (Wildman–Crippen LogP) is 4.58. The maximum Gasteiger partial charge on any atom is 0.263 e. The van der Waals surface area contributed by atoms with Crippen LogP contribution < -0.4 is 10.0 Å². The van der Waals surface area contributed by atoms with Gasteiger partial charge in [0.05, 0.1) is 10.1 Å². The molecule has 12 heteroatoms. The normalized spacial score (nSPS) is 12.4. The Labute approximate surface area is 199 Å². The zero-order chi connectivity index (χ0) is 23.4. The molecule has 2 heterocycles. The van der Waals surface area contributed by atoms with Gasteiger partial charge in [-0.1, -0.05) is 42.4 Å². The molecule has 0 spiro atoms. The minimum absolute atomic E-state index is 0.00476. The van der Waals surface area contributed by atoms with Gasteiger partial charge in [-0.3, -0.25) is 9.52 Å². The number of thioether (sulfide) groups is 1. The van der Waals surface area contributed by atoms with E-state index in [0.29, 0.717) is 22.9 Å². The second kappa shape index (κ2) is 9.77. The highest BCUT2D eigenvalue weighted by Gasteiger charge is 2.22. The van der Waals surface area contributed by atoms with Crippen LogP contribution in [0.3, 0.4) is 0 Å². The van der Waals surface area contributed by atoms with Gasteiger partial charge < -0.3 is 9.73 Å². The molecular weight excluding hydrogens is 486 g/mol. The Morgan fingerprint density at radius 3 is 2.52 bits per heavy atom. The van der Waals surface area contributed by atoms with Crippen LogP contribution >= 0.6 is 23.4 Å². The fourth-order valence-electron chi connectivity index (χ4n) is 2.85. The van der Waals surface area contributed by atoms with E-state index >= 15 is 0 Å². The number of oxazole rings is 1. The van der Waals surface area contributed by atoms with E-state index < -0.39 is 15.3 Å². The fraction of sp³-hybridized carbons (Fsp3) is 0.143. The zero-order valence-corrected chi connectivity index (χ0v) is 19.6. The Morgan fingerprint density at radius 2 is 1.85 bits per heavy atom. The maximum atomic E-state index is 12.8. The number of hydrogen-bond acceptors (Lipinski definition) is 8. The van der Waals surface area contributed by atoms with E-state index in [0.717, 1.165) is 5.52 Å². The van der Waals surface area contributed by atoms with Gasteiger partial charge in [0.2, 0.25) is 5.91 Å². The van der Waals surface area contributed by atoms with Crippen molar-refractivity contribution >= 4 is 61.9 Å². The number of rotatable bonds is 8. The number of carbonyl (C=O) groups is 1. The number of halogens is 1. The number of nitrogens with one attached hydrogen (secondary N) is 2. The Bertz CT molecular complexity index is 1340. The van der Waals surface area contributed by atoms with Crippen molar-refractivity contribution in [3.63, 3.8) is 0 Å². The number of benzene rings is 2. The van der Waals surface area contributed by atoms with Gasteiger partial charge in [-0.05, 0) is 55.0 Å². The first-order chi connectivity index (χ1) is 15.8. The molecule has 0 fully saturated rings. The molecule has 33 heavy (non-hydrogen) atoms. The van der Waals surface area contributed by atoms with Crippen LogP contribution in [-0.2, 0) is 14.8 Å². The summed E-state index contributed by atoms with van der Waals surface area (Å²) in [6.45, 7) is 1.89. The molecule has 0 aliphatic rings. The smallest absolute Gasteiger partial charge is 0.263 e. The van der Waals surface area contributed by atoms with E-state index in [4.69, 9.17) is 16.0 Å². The Morgan fingerprint density at radius 1 is 1.09 bits per heavy atom. The van der Waals surface area contributed by atoms with Crippen molar-refractivity contribution in [2.24, 2.45) is 0 Å². The second-order valence-corrected chi connectivity index (χ2v) is 10.0. The number of anilines is 2. The monoisotopic (exact) mass is 503 g/mol. The molecule has 0 aliphatic heterocycles. The van der Waals surface area contributed by atoms with Gasteiger partial charge in [0, 0.05) is 5.69 Å². The van der Waals surface area contributed by atoms with Gasteiger partial charge in [0.1, 0.15) is 5.52 Å². The number of amides is 1. The quantitative estimate of drug-likeness (QED) is 0.334. The minimum atomic E-state index is -3.88. The molecule has 2 N–H and O–H groups in total. The summed E-state index contributed by atoms with van der Waals surface area (Å²) in [5, 5.41) is 10.2. The zero-order valence-electron chi connectivity index (χ0n) is 17.2. The third-order valence-corrected chi connectivity index (χ3v) is 7.26. The molecular formula is C21H18ClN5O4S2. The number of fused-ring (bicyclic) bond motifs is 1. The lowest BCUT2D eigenvalue weighted by Crippen LogP contribution is -2.24. The average molecular weight is 504 g/mol. The van der Waals surface area contributed by atoms with E-state index in [1.807, 2.05) is 31.2 Å². The molecule has 0 saturated heterocycles. The van der Waals surface area contributed by atoms with Gasteiger partial charge in [-0.25, -0.2) is 13.4 Å². The van der Waals surface area contributed by atoms with Crippen molar-refractivity contribution in [3.8, 4) is 0 Å². The molecule has 2 aromatic carbocycles. The lowest BCUT2D eigenvalue weighted by molar-refractivity contribution is -0.115. The van der Waals surface area contributed by atoms with Crippen LogP contribution in [0, 0.1) is 0 Å². The van der Waals surface area contributed by atoms with Crippen LogP contribution in [0.25, 0.3) is 11.1 Å². The first-order valence-electron chi connectivity index (χ1n) is 9.79. The molecule has 1 atom stereocenters. The molecule has 0 radical (unpaired) electrons. The number of aromatic nitrogens is 3. The first-order valence-corrected chi connectivity index (χ1v) is 12.5. The van der Waals surface area contributed by atoms with Gasteiger partial charge >= 0.3 is 0 Å². The molecule has 0 aliphatic carbocycles. The van der Waals surface area contributed by atoms with Gasteiger partial charge in [0.25, 0.3) is 15.2 Å². The summed E-state index contributed by atoms with van der Waals surface area (Å²) >= 11 is 6.89. The van der Waals surface area contributed by atoms with E-state index in [2.05, 4.69) is 25.2 Å². The molecule has 1 unspecified atom stereocenters. The molecule has 2 aromatic heterocycles. The van der Waals surface area contributed by atoms with Gasteiger partial charge in [-0.15, -0.1) is 10.2 Å². The molecule has 9 nitrogen and oxygen atoms in total. The third kappa shape index (κ3) is 5.62. The fourth-order valence-corrected chi connectivity index (χ4v) is 4.81. The van der Waals surface area contributed by atoms with E-state index in [9.17, 15) is 13.2 Å². The highest BCUT2D eigenvalue weighted by molar-refractivity contribution is 8.00. The summed E-state index contributed by atoms with van der Waals surface area (Å²) in [5.41, 5.74) is 1.84. The van der Waals surface area contributed by atoms with Crippen LogP contribution in [0.5, 0.6) is 0 Å². The van der Waals surface area contributed by atoms with Crippen molar-refractivity contribution in [1.82, 2.24) is 15.2 Å². The van der Waals surface area contributed by atoms with Crippen LogP contribution in [0.1, 0.15) is 13.3 Å². The average Bonchev–Trinajstić information content (AvgIpc) is 3.22. The number of nitrogens with zero attached hydrogens (tertiary/aromatic N) is 3. The van der Waals surface area contributed by atoms with Crippen LogP contribution in [0.2, 0.25) is 5.15 Å². The first kappa shape index (κ1) is 23.0. The summed E-state index contributed by atoms with van der Waals surface area (Å²) in [6, 6.07) is 16.0. The summed E-state index contributed by atoms with van der Waals surface area (Å²) < 4.78 is 33.1. The Balaban J connectivity index is 1.41. The van der Waals surface area contributed by atoms with Crippen molar-refractivity contribution < 1.29 is 17.6 Å². The van der Waals surface area contributed by atoms with E-state index in [-0.39, 0.29) is 21.8 Å². The molecule has 170 valence electrons. The lowest BCUT2D eigenvalue weighted by atomic mass is 10.3. The second-order valence-electron chi connectivity index (χ2n) is 6.82. The highest BCUT2D eigenvalue weighted by Crippen LogP contribution is 2.29. The van der Waals surface area contributed by atoms with Gasteiger partial charge in [-0.2, -0.15) is 0 Å². The lowest BCUT2D eigenvalue weighted by Gasteiger charge is -2.13.